The molecule has 0 aliphatic carbocycles. The number of anilines is 1. The summed E-state index contributed by atoms with van der Waals surface area (Å²) >= 11 is 0. The molecule has 0 saturated heterocycles. The standard InChI is InChI=1S/C19H23FN2O5/c1-4-11-21-13-7-8-14(15(20)12-13)18(24)22-16(19(25)27-6-3)9-10-17(23)26-5-2/h1,7-8,12,16,21H,5-6,9-11H2,2-3H3,(H,22,24)/t16-/m1/s1. The maximum atomic E-state index is 14.2. The lowest BCUT2D eigenvalue weighted by molar-refractivity contribution is -0.146. The minimum Gasteiger partial charge on any atom is -0.466 e. The van der Waals surface area contributed by atoms with Gasteiger partial charge in [-0.15, -0.1) is 6.42 Å². The van der Waals surface area contributed by atoms with Crippen LogP contribution in [0.2, 0.25) is 0 Å². The number of hydrogen-bond donors (Lipinski definition) is 2. The first kappa shape index (κ1) is 22.0. The van der Waals surface area contributed by atoms with Crippen molar-refractivity contribution in [2.24, 2.45) is 0 Å². The number of hydrogen-bond acceptors (Lipinski definition) is 6. The monoisotopic (exact) mass is 378 g/mol. The molecule has 0 fully saturated rings. The van der Waals surface area contributed by atoms with Crippen molar-refractivity contribution in [2.45, 2.75) is 32.7 Å². The Hall–Kier alpha value is -3.08. The number of nitrogens with one attached hydrogen (secondary N) is 2. The summed E-state index contributed by atoms with van der Waals surface area (Å²) in [6, 6.07) is 2.80. The average Bonchev–Trinajstić information content (AvgIpc) is 2.63. The molecule has 0 heterocycles. The highest BCUT2D eigenvalue weighted by Crippen LogP contribution is 2.15. The average molecular weight is 378 g/mol. The van der Waals surface area contributed by atoms with Gasteiger partial charge in [0.25, 0.3) is 5.91 Å². The van der Waals surface area contributed by atoms with Crippen LogP contribution in [0.5, 0.6) is 0 Å². The smallest absolute Gasteiger partial charge is 0.328 e. The normalized spacial score (nSPS) is 11.0. The van der Waals surface area contributed by atoms with Gasteiger partial charge in [0.15, 0.2) is 0 Å². The molecule has 0 saturated carbocycles. The van der Waals surface area contributed by atoms with Crippen LogP contribution < -0.4 is 10.6 Å². The van der Waals surface area contributed by atoms with E-state index in [0.29, 0.717) is 5.69 Å². The predicted molar refractivity (Wildman–Crippen MR) is 97.5 cm³/mol. The quantitative estimate of drug-likeness (QED) is 0.477. The molecule has 8 heteroatoms. The van der Waals surface area contributed by atoms with Crippen LogP contribution in [0.25, 0.3) is 0 Å². The zero-order chi connectivity index (χ0) is 20.2. The SMILES string of the molecule is C#CCNc1ccc(C(=O)N[C@H](CCC(=O)OCC)C(=O)OCC)c(F)c1. The number of carbonyl (C=O) groups excluding carboxylic acids is 3. The maximum Gasteiger partial charge on any atom is 0.328 e. The molecule has 2 N–H and O–H groups in total. The van der Waals surface area contributed by atoms with Crippen molar-refractivity contribution in [3.63, 3.8) is 0 Å². The summed E-state index contributed by atoms with van der Waals surface area (Å²) < 4.78 is 23.9. The van der Waals surface area contributed by atoms with Crippen molar-refractivity contribution in [3.05, 3.63) is 29.6 Å². The van der Waals surface area contributed by atoms with Crippen LogP contribution in [0.3, 0.4) is 0 Å². The second-order valence-corrected chi connectivity index (χ2v) is 5.37. The molecular formula is C19H23FN2O5. The molecule has 0 aromatic heterocycles. The van der Waals surface area contributed by atoms with Gasteiger partial charge in [-0.2, -0.15) is 0 Å². The Bertz CT molecular complexity index is 715. The second kappa shape index (κ2) is 11.5. The summed E-state index contributed by atoms with van der Waals surface area (Å²) in [7, 11) is 0. The van der Waals surface area contributed by atoms with Gasteiger partial charge in [0.2, 0.25) is 0 Å². The molecule has 0 aliphatic rings. The van der Waals surface area contributed by atoms with E-state index in [-0.39, 0.29) is 38.2 Å². The number of esters is 2. The van der Waals surface area contributed by atoms with Gasteiger partial charge in [-0.25, -0.2) is 9.18 Å². The third-order valence-electron chi connectivity index (χ3n) is 3.43. The number of terminal acetylenes is 1. The number of benzene rings is 1. The van der Waals surface area contributed by atoms with Crippen LogP contribution >= 0.6 is 0 Å². The third-order valence-corrected chi connectivity index (χ3v) is 3.43. The first-order chi connectivity index (χ1) is 12.9. The number of halogens is 1. The summed E-state index contributed by atoms with van der Waals surface area (Å²) in [6.07, 6.45) is 5.01. The first-order valence-electron chi connectivity index (χ1n) is 8.52. The number of amides is 1. The van der Waals surface area contributed by atoms with E-state index in [2.05, 4.69) is 16.6 Å². The van der Waals surface area contributed by atoms with Crippen molar-refractivity contribution < 1.29 is 28.2 Å². The highest BCUT2D eigenvalue weighted by Gasteiger charge is 2.25. The van der Waals surface area contributed by atoms with Crippen molar-refractivity contribution >= 4 is 23.5 Å². The summed E-state index contributed by atoms with van der Waals surface area (Å²) in [6.45, 7) is 3.80. The van der Waals surface area contributed by atoms with Gasteiger partial charge < -0.3 is 20.1 Å². The highest BCUT2D eigenvalue weighted by atomic mass is 19.1. The zero-order valence-corrected chi connectivity index (χ0v) is 15.3. The summed E-state index contributed by atoms with van der Waals surface area (Å²) in [5.74, 6) is -0.425. The molecule has 0 spiro atoms. The van der Waals surface area contributed by atoms with Gasteiger partial charge in [-0.3, -0.25) is 9.59 Å². The largest absolute Gasteiger partial charge is 0.466 e. The fourth-order valence-corrected chi connectivity index (χ4v) is 2.19. The van der Waals surface area contributed by atoms with E-state index in [4.69, 9.17) is 15.9 Å². The van der Waals surface area contributed by atoms with Gasteiger partial charge in [-0.05, 0) is 38.5 Å². The molecule has 1 amide bonds. The Morgan fingerprint density at radius 1 is 1.22 bits per heavy atom. The molecule has 1 atom stereocenters. The van der Waals surface area contributed by atoms with Crippen LogP contribution in [-0.4, -0.2) is 43.6 Å². The predicted octanol–water partition coefficient (Wildman–Crippen LogP) is 1.88. The minimum absolute atomic E-state index is 0.0210. The molecule has 0 unspecified atom stereocenters. The molecule has 7 nitrogen and oxygen atoms in total. The zero-order valence-electron chi connectivity index (χ0n) is 15.3. The fraction of sp³-hybridized carbons (Fsp3) is 0.421. The van der Waals surface area contributed by atoms with Crippen LogP contribution in [-0.2, 0) is 19.1 Å². The van der Waals surface area contributed by atoms with Crippen molar-refractivity contribution in [1.82, 2.24) is 5.32 Å². The third kappa shape index (κ3) is 7.36. The topological polar surface area (TPSA) is 93.7 Å². The molecular weight excluding hydrogens is 355 g/mol. The van der Waals surface area contributed by atoms with Gasteiger partial charge in [0.1, 0.15) is 11.9 Å². The highest BCUT2D eigenvalue weighted by molar-refractivity contribution is 5.97. The first-order valence-corrected chi connectivity index (χ1v) is 8.52. The molecule has 0 bridgehead atoms. The van der Waals surface area contributed by atoms with E-state index >= 15 is 0 Å². The van der Waals surface area contributed by atoms with Crippen molar-refractivity contribution in [1.29, 1.82) is 0 Å². The van der Waals surface area contributed by atoms with Crippen LogP contribution in [0.4, 0.5) is 10.1 Å². The summed E-state index contributed by atoms with van der Waals surface area (Å²) in [5, 5.41) is 5.19. The molecule has 0 aliphatic heterocycles. The van der Waals surface area contributed by atoms with Crippen LogP contribution in [0, 0.1) is 18.2 Å². The lowest BCUT2D eigenvalue weighted by Crippen LogP contribution is -2.42. The molecule has 1 aromatic carbocycles. The van der Waals surface area contributed by atoms with Gasteiger partial charge in [0, 0.05) is 12.1 Å². The van der Waals surface area contributed by atoms with E-state index in [1.54, 1.807) is 13.8 Å². The van der Waals surface area contributed by atoms with Crippen molar-refractivity contribution in [2.75, 3.05) is 25.1 Å². The Morgan fingerprint density at radius 3 is 2.52 bits per heavy atom. The Morgan fingerprint density at radius 2 is 1.93 bits per heavy atom. The minimum atomic E-state index is -1.10. The molecule has 1 aromatic rings. The Labute approximate surface area is 157 Å². The van der Waals surface area contributed by atoms with Crippen LogP contribution in [0.1, 0.15) is 37.0 Å². The molecule has 0 radical (unpaired) electrons. The van der Waals surface area contributed by atoms with Crippen LogP contribution in [0.15, 0.2) is 18.2 Å². The maximum absolute atomic E-state index is 14.2. The number of ether oxygens (including phenoxy) is 2. The summed E-state index contributed by atoms with van der Waals surface area (Å²) in [4.78, 5) is 35.9. The molecule has 1 rings (SSSR count). The van der Waals surface area contributed by atoms with E-state index < -0.39 is 29.7 Å². The van der Waals surface area contributed by atoms with Gasteiger partial charge >= 0.3 is 11.9 Å². The number of rotatable bonds is 10. The van der Waals surface area contributed by atoms with E-state index in [9.17, 15) is 18.8 Å². The lowest BCUT2D eigenvalue weighted by atomic mass is 10.1. The molecule has 27 heavy (non-hydrogen) atoms. The lowest BCUT2D eigenvalue weighted by Gasteiger charge is -2.17. The summed E-state index contributed by atoms with van der Waals surface area (Å²) in [5.41, 5.74) is 0.179. The molecule has 146 valence electrons. The number of carbonyl (C=O) groups is 3. The van der Waals surface area contributed by atoms with Gasteiger partial charge in [-0.1, -0.05) is 5.92 Å². The van der Waals surface area contributed by atoms with E-state index in [0.717, 1.165) is 6.07 Å². The van der Waals surface area contributed by atoms with Crippen molar-refractivity contribution in [3.8, 4) is 12.3 Å². The van der Waals surface area contributed by atoms with Gasteiger partial charge in [0.05, 0.1) is 25.3 Å². The van der Waals surface area contributed by atoms with E-state index in [1.807, 2.05) is 0 Å². The Kier molecular flexibility index (Phi) is 9.37. The Balaban J connectivity index is 2.84. The van der Waals surface area contributed by atoms with E-state index in [1.165, 1.54) is 12.1 Å². The second-order valence-electron chi connectivity index (χ2n) is 5.37. The fourth-order valence-electron chi connectivity index (χ4n) is 2.19.